The van der Waals surface area contributed by atoms with Crippen LogP contribution in [0.1, 0.15) is 69.4 Å². The summed E-state index contributed by atoms with van der Waals surface area (Å²) in [5.74, 6) is 0.865. The van der Waals surface area contributed by atoms with Crippen LogP contribution in [0.15, 0.2) is 30.3 Å². The topological polar surface area (TPSA) is 23.5 Å². The summed E-state index contributed by atoms with van der Waals surface area (Å²) in [4.78, 5) is 2.33. The van der Waals surface area contributed by atoms with Gasteiger partial charge in [0.2, 0.25) is 0 Å². The molecule has 0 spiro atoms. The first kappa shape index (κ1) is 17.0. The van der Waals surface area contributed by atoms with Gasteiger partial charge in [0.25, 0.3) is 0 Å². The van der Waals surface area contributed by atoms with Crippen LogP contribution in [-0.4, -0.2) is 29.7 Å². The maximum Gasteiger partial charge on any atom is 0.0722 e. The Balaban J connectivity index is 1.92. The third kappa shape index (κ3) is 3.49. The van der Waals surface area contributed by atoms with Gasteiger partial charge in [0.05, 0.1) is 5.60 Å². The summed E-state index contributed by atoms with van der Waals surface area (Å²) in [7, 11) is 4.35. The van der Waals surface area contributed by atoms with Crippen LogP contribution in [0.3, 0.4) is 0 Å². The van der Waals surface area contributed by atoms with Gasteiger partial charge < -0.3 is 10.0 Å². The lowest BCUT2D eigenvalue weighted by Crippen LogP contribution is -2.52. The van der Waals surface area contributed by atoms with Crippen LogP contribution in [-0.2, 0) is 0 Å². The molecule has 1 N–H and O–H groups in total. The molecular weight excluding hydrogens is 282 g/mol. The molecule has 3 atom stereocenters. The predicted molar refractivity (Wildman–Crippen MR) is 96.4 cm³/mol. The van der Waals surface area contributed by atoms with E-state index in [1.165, 1.54) is 50.5 Å². The average molecular weight is 316 g/mol. The normalized spacial score (nSPS) is 31.2. The van der Waals surface area contributed by atoms with Crippen molar-refractivity contribution in [2.75, 3.05) is 14.1 Å². The molecule has 0 bridgehead atoms. The molecule has 0 aliphatic heterocycles. The van der Waals surface area contributed by atoms with Gasteiger partial charge in [-0.1, -0.05) is 62.4 Å². The van der Waals surface area contributed by atoms with E-state index in [2.05, 4.69) is 49.3 Å². The minimum absolute atomic E-state index is 0.323. The fraction of sp³-hybridized carbons (Fsp3) is 0.714. The molecule has 0 heterocycles. The molecule has 1 aromatic rings. The third-order valence-corrected chi connectivity index (χ3v) is 6.38. The zero-order valence-corrected chi connectivity index (χ0v) is 14.9. The summed E-state index contributed by atoms with van der Waals surface area (Å²) in [6.07, 6.45) is 11.0. The first-order valence-electron chi connectivity index (χ1n) is 9.56. The number of rotatable bonds is 4. The second-order valence-electron chi connectivity index (χ2n) is 8.00. The lowest BCUT2D eigenvalue weighted by molar-refractivity contribution is -0.126. The van der Waals surface area contributed by atoms with E-state index in [9.17, 15) is 5.11 Å². The summed E-state index contributed by atoms with van der Waals surface area (Å²) < 4.78 is 0. The molecule has 2 heteroatoms. The Kier molecular flexibility index (Phi) is 5.43. The Morgan fingerprint density at radius 1 is 0.957 bits per heavy atom. The fourth-order valence-electron chi connectivity index (χ4n) is 5.29. The van der Waals surface area contributed by atoms with Crippen molar-refractivity contribution in [2.45, 2.75) is 69.4 Å². The third-order valence-electron chi connectivity index (χ3n) is 6.38. The number of nitrogens with zero attached hydrogens (tertiary/aromatic N) is 1. The van der Waals surface area contributed by atoms with Gasteiger partial charge in [-0.15, -0.1) is 0 Å². The van der Waals surface area contributed by atoms with Crippen molar-refractivity contribution < 1.29 is 5.11 Å². The highest BCUT2D eigenvalue weighted by atomic mass is 16.3. The molecule has 0 saturated heterocycles. The molecule has 3 unspecified atom stereocenters. The zero-order chi connectivity index (χ0) is 16.3. The van der Waals surface area contributed by atoms with E-state index >= 15 is 0 Å². The van der Waals surface area contributed by atoms with Gasteiger partial charge in [-0.05, 0) is 51.3 Å². The van der Waals surface area contributed by atoms with E-state index in [0.717, 1.165) is 12.8 Å². The Labute approximate surface area is 141 Å². The van der Waals surface area contributed by atoms with E-state index in [1.807, 2.05) is 0 Å². The first-order chi connectivity index (χ1) is 11.1. The maximum absolute atomic E-state index is 11.8. The van der Waals surface area contributed by atoms with E-state index in [4.69, 9.17) is 0 Å². The van der Waals surface area contributed by atoms with Gasteiger partial charge in [0.1, 0.15) is 0 Å². The van der Waals surface area contributed by atoms with Crippen LogP contribution in [0, 0.1) is 11.8 Å². The van der Waals surface area contributed by atoms with Gasteiger partial charge in [-0.25, -0.2) is 0 Å². The van der Waals surface area contributed by atoms with Gasteiger partial charge >= 0.3 is 0 Å². The second-order valence-corrected chi connectivity index (χ2v) is 8.00. The molecule has 2 fully saturated rings. The SMILES string of the molecule is CN(C)C(c1ccccc1)C1CCCCC1(O)C1CCCCC1. The summed E-state index contributed by atoms with van der Waals surface area (Å²) in [6, 6.07) is 11.2. The van der Waals surface area contributed by atoms with Gasteiger partial charge in [-0.2, -0.15) is 0 Å². The molecule has 2 nitrogen and oxygen atoms in total. The van der Waals surface area contributed by atoms with E-state index < -0.39 is 5.60 Å². The molecule has 0 radical (unpaired) electrons. The smallest absolute Gasteiger partial charge is 0.0722 e. The number of benzene rings is 1. The van der Waals surface area contributed by atoms with Crippen LogP contribution in [0.2, 0.25) is 0 Å². The highest BCUT2D eigenvalue weighted by Crippen LogP contribution is 2.50. The molecule has 2 saturated carbocycles. The lowest BCUT2D eigenvalue weighted by atomic mass is 9.61. The molecular formula is C21H33NO. The van der Waals surface area contributed by atoms with Crippen molar-refractivity contribution in [1.29, 1.82) is 0 Å². The largest absolute Gasteiger partial charge is 0.389 e. The average Bonchev–Trinajstić information content (AvgIpc) is 2.58. The van der Waals surface area contributed by atoms with Crippen molar-refractivity contribution in [3.63, 3.8) is 0 Å². The van der Waals surface area contributed by atoms with Crippen LogP contribution in [0.25, 0.3) is 0 Å². The molecule has 128 valence electrons. The predicted octanol–water partition coefficient (Wildman–Crippen LogP) is 4.79. The summed E-state index contributed by atoms with van der Waals surface area (Å²) in [5.41, 5.74) is 0.891. The molecule has 1 aromatic carbocycles. The summed E-state index contributed by atoms with van der Waals surface area (Å²) >= 11 is 0. The number of aliphatic hydroxyl groups is 1. The van der Waals surface area contributed by atoms with E-state index in [1.54, 1.807) is 0 Å². The number of hydrogen-bond donors (Lipinski definition) is 1. The zero-order valence-electron chi connectivity index (χ0n) is 14.9. The Bertz CT molecular complexity index is 480. The molecule has 2 aliphatic rings. The van der Waals surface area contributed by atoms with E-state index in [-0.39, 0.29) is 0 Å². The van der Waals surface area contributed by atoms with E-state index in [0.29, 0.717) is 17.9 Å². The van der Waals surface area contributed by atoms with Crippen molar-refractivity contribution >= 4 is 0 Å². The summed E-state index contributed by atoms with van der Waals surface area (Å²) in [5, 5.41) is 11.8. The van der Waals surface area contributed by atoms with Crippen molar-refractivity contribution in [2.24, 2.45) is 11.8 Å². The summed E-state index contributed by atoms with van der Waals surface area (Å²) in [6.45, 7) is 0. The van der Waals surface area contributed by atoms with Crippen LogP contribution in [0.4, 0.5) is 0 Å². The van der Waals surface area contributed by atoms with Crippen LogP contribution in [0.5, 0.6) is 0 Å². The standard InChI is InChI=1S/C21H33NO/c1-22(2)20(17-11-5-3-6-12-17)19-15-9-10-16-21(19,23)18-13-7-4-8-14-18/h3,5-6,11-12,18-20,23H,4,7-10,13-16H2,1-2H3. The van der Waals surface area contributed by atoms with Crippen molar-refractivity contribution in [1.82, 2.24) is 4.90 Å². The van der Waals surface area contributed by atoms with Crippen LogP contribution >= 0.6 is 0 Å². The van der Waals surface area contributed by atoms with Gasteiger partial charge in [0.15, 0.2) is 0 Å². The number of hydrogen-bond acceptors (Lipinski definition) is 2. The monoisotopic (exact) mass is 315 g/mol. The van der Waals surface area contributed by atoms with Gasteiger partial charge in [-0.3, -0.25) is 0 Å². The minimum Gasteiger partial charge on any atom is -0.389 e. The second kappa shape index (κ2) is 7.36. The fourth-order valence-corrected chi connectivity index (χ4v) is 5.29. The molecule has 0 amide bonds. The molecule has 3 rings (SSSR count). The van der Waals surface area contributed by atoms with Crippen LogP contribution < -0.4 is 0 Å². The molecule has 2 aliphatic carbocycles. The molecule has 0 aromatic heterocycles. The van der Waals surface area contributed by atoms with Crippen molar-refractivity contribution in [3.8, 4) is 0 Å². The highest BCUT2D eigenvalue weighted by Gasteiger charge is 2.48. The minimum atomic E-state index is -0.469. The first-order valence-corrected chi connectivity index (χ1v) is 9.56. The van der Waals surface area contributed by atoms with Gasteiger partial charge in [0, 0.05) is 12.0 Å². The maximum atomic E-state index is 11.8. The highest BCUT2D eigenvalue weighted by molar-refractivity contribution is 5.21. The Morgan fingerprint density at radius 3 is 2.26 bits per heavy atom. The molecule has 23 heavy (non-hydrogen) atoms. The van der Waals surface area contributed by atoms with Crippen molar-refractivity contribution in [3.05, 3.63) is 35.9 Å². The lowest BCUT2D eigenvalue weighted by Gasteiger charge is -2.51. The Hall–Kier alpha value is -0.860. The Morgan fingerprint density at radius 2 is 1.61 bits per heavy atom. The quantitative estimate of drug-likeness (QED) is 0.863.